The standard InChI is InChI=1S/C14H16Br2N4O4/c1-7(15)11(21)17-19-13(23)9-3-5-10(6-4-9)14(24)20-18-12(22)8(2)16/h3-8H,1-2H3,(H,17,21)(H,18,22)(H,19,23)(H,20,24). The van der Waals surface area contributed by atoms with Crippen LogP contribution in [0.15, 0.2) is 24.3 Å². The lowest BCUT2D eigenvalue weighted by Gasteiger charge is -2.10. The Bertz CT molecular complexity index is 577. The van der Waals surface area contributed by atoms with Gasteiger partial charge < -0.3 is 0 Å². The van der Waals surface area contributed by atoms with Crippen LogP contribution in [0.2, 0.25) is 0 Å². The SMILES string of the molecule is CC(Br)C(=O)NNC(=O)c1ccc(C(=O)NNC(=O)C(C)Br)cc1. The molecule has 0 radical (unpaired) electrons. The second kappa shape index (κ2) is 9.38. The van der Waals surface area contributed by atoms with Gasteiger partial charge in [-0.2, -0.15) is 0 Å². The summed E-state index contributed by atoms with van der Waals surface area (Å²) < 4.78 is 0. The molecule has 130 valence electrons. The van der Waals surface area contributed by atoms with Gasteiger partial charge in [0, 0.05) is 11.1 Å². The molecule has 10 heteroatoms. The van der Waals surface area contributed by atoms with Crippen LogP contribution in [0.25, 0.3) is 0 Å². The maximum atomic E-state index is 11.8. The van der Waals surface area contributed by atoms with E-state index >= 15 is 0 Å². The van der Waals surface area contributed by atoms with Gasteiger partial charge in [0.2, 0.25) is 0 Å². The number of hydrogen-bond acceptors (Lipinski definition) is 4. The molecule has 2 atom stereocenters. The maximum absolute atomic E-state index is 11.8. The largest absolute Gasteiger partial charge is 0.272 e. The van der Waals surface area contributed by atoms with E-state index in [4.69, 9.17) is 0 Å². The van der Waals surface area contributed by atoms with Gasteiger partial charge in [-0.3, -0.25) is 40.9 Å². The average molecular weight is 464 g/mol. The molecular weight excluding hydrogens is 448 g/mol. The average Bonchev–Trinajstić information content (AvgIpc) is 2.56. The van der Waals surface area contributed by atoms with Gasteiger partial charge in [0.05, 0.1) is 9.65 Å². The molecule has 0 aliphatic heterocycles. The monoisotopic (exact) mass is 462 g/mol. The number of carbonyl (C=O) groups is 4. The van der Waals surface area contributed by atoms with Crippen molar-refractivity contribution in [1.29, 1.82) is 0 Å². The van der Waals surface area contributed by atoms with Crippen molar-refractivity contribution in [2.75, 3.05) is 0 Å². The molecule has 2 unspecified atom stereocenters. The second-order valence-corrected chi connectivity index (χ2v) is 7.44. The van der Waals surface area contributed by atoms with Gasteiger partial charge in [0.1, 0.15) is 0 Å². The third-order valence-electron chi connectivity index (χ3n) is 2.73. The highest BCUT2D eigenvalue weighted by atomic mass is 79.9. The highest BCUT2D eigenvalue weighted by Gasteiger charge is 2.13. The zero-order valence-corrected chi connectivity index (χ0v) is 16.0. The summed E-state index contributed by atoms with van der Waals surface area (Å²) >= 11 is 6.13. The fourth-order valence-electron chi connectivity index (χ4n) is 1.35. The Balaban J connectivity index is 2.58. The van der Waals surface area contributed by atoms with Gasteiger partial charge in [0.25, 0.3) is 23.6 Å². The van der Waals surface area contributed by atoms with E-state index in [-0.39, 0.29) is 11.1 Å². The fraction of sp³-hybridized carbons (Fsp3) is 0.286. The van der Waals surface area contributed by atoms with Crippen LogP contribution < -0.4 is 21.7 Å². The molecule has 1 rings (SSSR count). The fourth-order valence-corrected chi connectivity index (χ4v) is 1.58. The highest BCUT2D eigenvalue weighted by Crippen LogP contribution is 2.04. The Morgan fingerprint density at radius 3 is 1.25 bits per heavy atom. The van der Waals surface area contributed by atoms with Gasteiger partial charge >= 0.3 is 0 Å². The molecule has 0 spiro atoms. The molecule has 0 aromatic heterocycles. The first-order valence-corrected chi connectivity index (χ1v) is 8.64. The summed E-state index contributed by atoms with van der Waals surface area (Å²) in [4.78, 5) is 45.5. The van der Waals surface area contributed by atoms with E-state index in [0.717, 1.165) is 0 Å². The summed E-state index contributed by atoms with van der Waals surface area (Å²) in [7, 11) is 0. The lowest BCUT2D eigenvalue weighted by molar-refractivity contribution is -0.121. The Labute approximate surface area is 155 Å². The molecule has 0 heterocycles. The zero-order chi connectivity index (χ0) is 18.3. The van der Waals surface area contributed by atoms with Gasteiger partial charge in [-0.25, -0.2) is 0 Å². The van der Waals surface area contributed by atoms with Crippen LogP contribution in [0.4, 0.5) is 0 Å². The molecule has 0 saturated carbocycles. The lowest BCUT2D eigenvalue weighted by Crippen LogP contribution is -2.44. The number of hydrazine groups is 2. The predicted octanol–water partition coefficient (Wildman–Crippen LogP) is 0.775. The Kier molecular flexibility index (Phi) is 7.86. The summed E-state index contributed by atoms with van der Waals surface area (Å²) in [5.74, 6) is -1.83. The topological polar surface area (TPSA) is 116 Å². The van der Waals surface area contributed by atoms with E-state index in [1.807, 2.05) is 0 Å². The Hall–Kier alpha value is -1.94. The number of nitrogens with one attached hydrogen (secondary N) is 4. The van der Waals surface area contributed by atoms with E-state index in [2.05, 4.69) is 53.6 Å². The van der Waals surface area contributed by atoms with Gasteiger partial charge in [0.15, 0.2) is 0 Å². The smallest absolute Gasteiger partial charge is 0.269 e. The summed E-state index contributed by atoms with van der Waals surface area (Å²) in [6.07, 6.45) is 0. The van der Waals surface area contributed by atoms with Crippen molar-refractivity contribution >= 4 is 55.5 Å². The number of hydrogen-bond donors (Lipinski definition) is 4. The first-order chi connectivity index (χ1) is 11.2. The Morgan fingerprint density at radius 1 is 0.708 bits per heavy atom. The van der Waals surface area contributed by atoms with Gasteiger partial charge in [-0.05, 0) is 38.1 Å². The van der Waals surface area contributed by atoms with Crippen LogP contribution in [0.3, 0.4) is 0 Å². The van der Waals surface area contributed by atoms with Crippen molar-refractivity contribution in [2.45, 2.75) is 23.5 Å². The molecule has 1 aromatic carbocycles. The second-order valence-electron chi connectivity index (χ2n) is 4.70. The van der Waals surface area contributed by atoms with Gasteiger partial charge in [-0.15, -0.1) is 0 Å². The molecule has 24 heavy (non-hydrogen) atoms. The molecule has 0 saturated heterocycles. The van der Waals surface area contributed by atoms with Crippen LogP contribution in [0.1, 0.15) is 34.6 Å². The minimum absolute atomic E-state index is 0.257. The van der Waals surface area contributed by atoms with E-state index < -0.39 is 33.3 Å². The minimum atomic E-state index is -0.523. The molecular formula is C14H16Br2N4O4. The lowest BCUT2D eigenvalue weighted by atomic mass is 10.1. The van der Waals surface area contributed by atoms with Crippen molar-refractivity contribution < 1.29 is 19.2 Å². The number of amides is 4. The van der Waals surface area contributed by atoms with Crippen molar-refractivity contribution in [2.24, 2.45) is 0 Å². The third kappa shape index (κ3) is 6.28. The molecule has 0 bridgehead atoms. The summed E-state index contributed by atoms with van der Waals surface area (Å²) in [6, 6.07) is 5.68. The van der Waals surface area contributed by atoms with E-state index in [9.17, 15) is 19.2 Å². The summed E-state index contributed by atoms with van der Waals surface area (Å²) in [5, 5.41) is 0. The van der Waals surface area contributed by atoms with Crippen molar-refractivity contribution in [3.63, 3.8) is 0 Å². The van der Waals surface area contributed by atoms with Crippen molar-refractivity contribution in [1.82, 2.24) is 21.7 Å². The van der Waals surface area contributed by atoms with Crippen molar-refractivity contribution in [3.05, 3.63) is 35.4 Å². The highest BCUT2D eigenvalue weighted by molar-refractivity contribution is 9.10. The zero-order valence-electron chi connectivity index (χ0n) is 12.9. The molecule has 0 fully saturated rings. The minimum Gasteiger partial charge on any atom is -0.272 e. The van der Waals surface area contributed by atoms with Crippen LogP contribution in [0, 0.1) is 0 Å². The van der Waals surface area contributed by atoms with E-state index in [1.54, 1.807) is 13.8 Å². The van der Waals surface area contributed by atoms with E-state index in [0.29, 0.717) is 0 Å². The van der Waals surface area contributed by atoms with Crippen LogP contribution in [-0.4, -0.2) is 33.3 Å². The molecule has 4 amide bonds. The first kappa shape index (κ1) is 20.1. The Morgan fingerprint density at radius 2 is 1.00 bits per heavy atom. The summed E-state index contributed by atoms with van der Waals surface area (Å²) in [6.45, 7) is 3.23. The molecule has 1 aromatic rings. The summed E-state index contributed by atoms with van der Waals surface area (Å²) in [5.41, 5.74) is 9.50. The molecule has 0 aliphatic rings. The normalized spacial score (nSPS) is 12.5. The maximum Gasteiger partial charge on any atom is 0.269 e. The van der Waals surface area contributed by atoms with Crippen LogP contribution in [0.5, 0.6) is 0 Å². The predicted molar refractivity (Wildman–Crippen MR) is 94.4 cm³/mol. The van der Waals surface area contributed by atoms with Crippen LogP contribution in [-0.2, 0) is 9.59 Å². The number of carbonyl (C=O) groups excluding carboxylic acids is 4. The third-order valence-corrected chi connectivity index (χ3v) is 3.56. The van der Waals surface area contributed by atoms with Crippen LogP contribution >= 0.6 is 31.9 Å². The molecule has 0 aliphatic carbocycles. The molecule has 8 nitrogen and oxygen atoms in total. The number of rotatable bonds is 4. The number of alkyl halides is 2. The van der Waals surface area contributed by atoms with Gasteiger partial charge in [-0.1, -0.05) is 31.9 Å². The number of halogens is 2. The van der Waals surface area contributed by atoms with Crippen molar-refractivity contribution in [3.8, 4) is 0 Å². The molecule has 4 N–H and O–H groups in total. The first-order valence-electron chi connectivity index (χ1n) is 6.81. The quantitative estimate of drug-likeness (QED) is 0.390. The number of benzene rings is 1. The van der Waals surface area contributed by atoms with E-state index in [1.165, 1.54) is 24.3 Å².